The second-order valence-corrected chi connectivity index (χ2v) is 4.28. The van der Waals surface area contributed by atoms with E-state index in [-0.39, 0.29) is 6.61 Å². The minimum atomic E-state index is -0.400. The van der Waals surface area contributed by atoms with Gasteiger partial charge in [-0.2, -0.15) is 0 Å². The molecule has 1 aromatic carbocycles. The standard InChI is InChI=1S/C11H16BrNO2/c1-3-15-11-7(2)4-8(12)5-9(11)10(13)6-14/h4-5,10,14H,3,6,13H2,1-2H3. The van der Waals surface area contributed by atoms with Gasteiger partial charge in [0.25, 0.3) is 0 Å². The van der Waals surface area contributed by atoms with Crippen LogP contribution in [0.5, 0.6) is 5.75 Å². The van der Waals surface area contributed by atoms with Crippen LogP contribution >= 0.6 is 15.9 Å². The van der Waals surface area contributed by atoms with Gasteiger partial charge < -0.3 is 15.6 Å². The molecule has 0 aliphatic rings. The summed E-state index contributed by atoms with van der Waals surface area (Å²) >= 11 is 3.40. The fourth-order valence-electron chi connectivity index (χ4n) is 1.47. The van der Waals surface area contributed by atoms with E-state index in [9.17, 15) is 0 Å². The molecule has 84 valence electrons. The van der Waals surface area contributed by atoms with E-state index in [1.165, 1.54) is 0 Å². The first-order valence-corrected chi connectivity index (χ1v) is 5.68. The molecule has 1 aromatic rings. The normalized spacial score (nSPS) is 12.6. The number of nitrogens with two attached hydrogens (primary N) is 1. The van der Waals surface area contributed by atoms with Gasteiger partial charge in [0.15, 0.2) is 0 Å². The number of aryl methyl sites for hydroxylation is 1. The minimum absolute atomic E-state index is 0.0873. The van der Waals surface area contributed by atoms with Crippen molar-refractivity contribution < 1.29 is 9.84 Å². The van der Waals surface area contributed by atoms with Crippen molar-refractivity contribution in [3.63, 3.8) is 0 Å². The van der Waals surface area contributed by atoms with Gasteiger partial charge in [-0.15, -0.1) is 0 Å². The molecule has 0 aromatic heterocycles. The van der Waals surface area contributed by atoms with Crippen LogP contribution in [0.25, 0.3) is 0 Å². The molecule has 1 rings (SSSR count). The van der Waals surface area contributed by atoms with Crippen LogP contribution in [0.2, 0.25) is 0 Å². The Labute approximate surface area is 98.4 Å². The van der Waals surface area contributed by atoms with Gasteiger partial charge in [-0.25, -0.2) is 0 Å². The van der Waals surface area contributed by atoms with Gasteiger partial charge in [0.1, 0.15) is 5.75 Å². The van der Waals surface area contributed by atoms with E-state index in [4.69, 9.17) is 15.6 Å². The maximum atomic E-state index is 9.07. The molecule has 0 heterocycles. The predicted octanol–water partition coefficient (Wildman–Crippen LogP) is 2.15. The van der Waals surface area contributed by atoms with Crippen molar-refractivity contribution in [1.29, 1.82) is 0 Å². The van der Waals surface area contributed by atoms with Crippen LogP contribution in [0.15, 0.2) is 16.6 Å². The van der Waals surface area contributed by atoms with E-state index in [1.807, 2.05) is 26.0 Å². The van der Waals surface area contributed by atoms with E-state index >= 15 is 0 Å². The second-order valence-electron chi connectivity index (χ2n) is 3.36. The number of halogens is 1. The Morgan fingerprint density at radius 2 is 2.20 bits per heavy atom. The predicted molar refractivity (Wildman–Crippen MR) is 64.1 cm³/mol. The number of hydrogen-bond donors (Lipinski definition) is 2. The summed E-state index contributed by atoms with van der Waals surface area (Å²) in [4.78, 5) is 0. The first-order chi connectivity index (χ1) is 7.10. The Morgan fingerprint density at radius 1 is 1.53 bits per heavy atom. The fourth-order valence-corrected chi connectivity index (χ4v) is 2.06. The highest BCUT2D eigenvalue weighted by atomic mass is 79.9. The van der Waals surface area contributed by atoms with Crippen LogP contribution in [-0.4, -0.2) is 18.3 Å². The zero-order chi connectivity index (χ0) is 11.4. The molecule has 3 N–H and O–H groups in total. The maximum absolute atomic E-state index is 9.07. The summed E-state index contributed by atoms with van der Waals surface area (Å²) in [5.74, 6) is 0.780. The average Bonchev–Trinajstić information content (AvgIpc) is 2.20. The molecule has 0 amide bonds. The number of hydrogen-bond acceptors (Lipinski definition) is 3. The number of rotatable bonds is 4. The Morgan fingerprint density at radius 3 is 2.73 bits per heavy atom. The van der Waals surface area contributed by atoms with Crippen LogP contribution in [0.3, 0.4) is 0 Å². The lowest BCUT2D eigenvalue weighted by molar-refractivity contribution is 0.261. The second kappa shape index (κ2) is 5.49. The number of benzene rings is 1. The lowest BCUT2D eigenvalue weighted by Gasteiger charge is -2.17. The van der Waals surface area contributed by atoms with Crippen molar-refractivity contribution in [2.75, 3.05) is 13.2 Å². The van der Waals surface area contributed by atoms with Gasteiger partial charge in [0, 0.05) is 10.0 Å². The molecule has 1 atom stereocenters. The Kier molecular flexibility index (Phi) is 4.57. The van der Waals surface area contributed by atoms with Crippen LogP contribution in [0.4, 0.5) is 0 Å². The van der Waals surface area contributed by atoms with Crippen LogP contribution in [0, 0.1) is 6.92 Å². The van der Waals surface area contributed by atoms with E-state index in [0.717, 1.165) is 21.3 Å². The van der Waals surface area contributed by atoms with E-state index in [2.05, 4.69) is 15.9 Å². The lowest BCUT2D eigenvalue weighted by Crippen LogP contribution is -2.16. The molecule has 4 heteroatoms. The molecular formula is C11H16BrNO2. The summed E-state index contributed by atoms with van der Waals surface area (Å²) < 4.78 is 6.48. The minimum Gasteiger partial charge on any atom is -0.493 e. The first-order valence-electron chi connectivity index (χ1n) is 4.89. The smallest absolute Gasteiger partial charge is 0.127 e. The monoisotopic (exact) mass is 273 g/mol. The van der Waals surface area contributed by atoms with E-state index < -0.39 is 6.04 Å². The largest absolute Gasteiger partial charge is 0.493 e. The van der Waals surface area contributed by atoms with Crippen molar-refractivity contribution in [2.45, 2.75) is 19.9 Å². The number of ether oxygens (including phenoxy) is 1. The van der Waals surface area contributed by atoms with Gasteiger partial charge >= 0.3 is 0 Å². The molecule has 0 saturated heterocycles. The third-order valence-corrected chi connectivity index (χ3v) is 2.61. The average molecular weight is 274 g/mol. The molecule has 0 saturated carbocycles. The van der Waals surface area contributed by atoms with Gasteiger partial charge in [0.2, 0.25) is 0 Å². The fraction of sp³-hybridized carbons (Fsp3) is 0.455. The Balaban J connectivity index is 3.20. The van der Waals surface area contributed by atoms with Crippen molar-refractivity contribution in [2.24, 2.45) is 5.73 Å². The van der Waals surface area contributed by atoms with Gasteiger partial charge in [0.05, 0.1) is 19.3 Å². The van der Waals surface area contributed by atoms with Gasteiger partial charge in [-0.3, -0.25) is 0 Å². The van der Waals surface area contributed by atoms with E-state index in [1.54, 1.807) is 0 Å². The van der Waals surface area contributed by atoms with Gasteiger partial charge in [-0.05, 0) is 31.5 Å². The van der Waals surface area contributed by atoms with Crippen molar-refractivity contribution >= 4 is 15.9 Å². The van der Waals surface area contributed by atoms with Crippen LogP contribution in [0.1, 0.15) is 24.1 Å². The SMILES string of the molecule is CCOc1c(C)cc(Br)cc1C(N)CO. The highest BCUT2D eigenvalue weighted by molar-refractivity contribution is 9.10. The maximum Gasteiger partial charge on any atom is 0.127 e. The topological polar surface area (TPSA) is 55.5 Å². The molecule has 15 heavy (non-hydrogen) atoms. The van der Waals surface area contributed by atoms with Crippen molar-refractivity contribution in [3.05, 3.63) is 27.7 Å². The Bertz CT molecular complexity index is 342. The highest BCUT2D eigenvalue weighted by Gasteiger charge is 2.14. The summed E-state index contributed by atoms with van der Waals surface area (Å²) in [6, 6.07) is 3.46. The molecule has 0 radical (unpaired) electrons. The van der Waals surface area contributed by atoms with Gasteiger partial charge in [-0.1, -0.05) is 15.9 Å². The third kappa shape index (κ3) is 2.93. The highest BCUT2D eigenvalue weighted by Crippen LogP contribution is 2.31. The molecule has 0 bridgehead atoms. The zero-order valence-corrected chi connectivity index (χ0v) is 10.5. The van der Waals surface area contributed by atoms with Crippen molar-refractivity contribution in [1.82, 2.24) is 0 Å². The summed E-state index contributed by atoms with van der Waals surface area (Å²) in [5.41, 5.74) is 7.67. The third-order valence-electron chi connectivity index (χ3n) is 2.15. The quantitative estimate of drug-likeness (QED) is 0.884. The van der Waals surface area contributed by atoms with Crippen molar-refractivity contribution in [3.8, 4) is 5.75 Å². The Hall–Kier alpha value is -0.580. The van der Waals surface area contributed by atoms with Crippen LogP contribution in [-0.2, 0) is 0 Å². The molecule has 0 spiro atoms. The molecule has 1 unspecified atom stereocenters. The lowest BCUT2D eigenvalue weighted by atomic mass is 10.0. The first kappa shape index (κ1) is 12.5. The molecule has 0 aliphatic heterocycles. The summed E-state index contributed by atoms with van der Waals surface area (Å²) in [6.07, 6.45) is 0. The number of aliphatic hydroxyl groups excluding tert-OH is 1. The zero-order valence-electron chi connectivity index (χ0n) is 8.96. The molecule has 0 fully saturated rings. The summed E-state index contributed by atoms with van der Waals surface area (Å²) in [6.45, 7) is 4.39. The molecular weight excluding hydrogens is 258 g/mol. The molecule has 3 nitrogen and oxygen atoms in total. The molecule has 0 aliphatic carbocycles. The number of aliphatic hydroxyl groups is 1. The van der Waals surface area contributed by atoms with Crippen LogP contribution < -0.4 is 10.5 Å². The summed E-state index contributed by atoms with van der Waals surface area (Å²) in [5, 5.41) is 9.07. The van der Waals surface area contributed by atoms with E-state index in [0.29, 0.717) is 6.61 Å². The summed E-state index contributed by atoms with van der Waals surface area (Å²) in [7, 11) is 0.